The average molecular weight is 256 g/mol. The van der Waals surface area contributed by atoms with Gasteiger partial charge in [-0.2, -0.15) is 0 Å². The van der Waals surface area contributed by atoms with Crippen molar-refractivity contribution in [3.8, 4) is 11.8 Å². The van der Waals surface area contributed by atoms with Crippen LogP contribution in [0.15, 0.2) is 0 Å². The molecular formula is C16H16O3. The lowest BCUT2D eigenvalue weighted by molar-refractivity contribution is 0.0237. The van der Waals surface area contributed by atoms with Gasteiger partial charge in [0.1, 0.15) is 0 Å². The Balaban J connectivity index is 2.40. The van der Waals surface area contributed by atoms with E-state index in [2.05, 4.69) is 18.8 Å². The minimum atomic E-state index is -0.826. The summed E-state index contributed by atoms with van der Waals surface area (Å²) >= 11 is 0. The van der Waals surface area contributed by atoms with Crippen LogP contribution in [0.2, 0.25) is 0 Å². The Bertz CT molecular complexity index is 661. The number of ether oxygens (including phenoxy) is 2. The van der Waals surface area contributed by atoms with E-state index in [9.17, 15) is 4.79 Å². The van der Waals surface area contributed by atoms with E-state index in [4.69, 9.17) is 9.47 Å². The molecule has 0 amide bonds. The number of carbonyl (C=O) groups excluding carboxylic acids is 1. The highest BCUT2D eigenvalue weighted by molar-refractivity contribution is 5.98. The monoisotopic (exact) mass is 256 g/mol. The predicted octanol–water partition coefficient (Wildman–Crippen LogP) is 2.74. The van der Waals surface area contributed by atoms with Crippen LogP contribution in [0, 0.1) is 25.7 Å². The first-order valence-electron chi connectivity index (χ1n) is 6.40. The zero-order valence-corrected chi connectivity index (χ0v) is 11.6. The Labute approximate surface area is 112 Å². The van der Waals surface area contributed by atoms with Crippen molar-refractivity contribution >= 4 is 5.97 Å². The van der Waals surface area contributed by atoms with Crippen LogP contribution >= 0.6 is 0 Å². The number of rotatable bonds is 0. The zero-order chi connectivity index (χ0) is 13.8. The highest BCUT2D eigenvalue weighted by Crippen LogP contribution is 2.44. The predicted molar refractivity (Wildman–Crippen MR) is 70.6 cm³/mol. The molecule has 0 saturated carbocycles. The van der Waals surface area contributed by atoms with Gasteiger partial charge in [-0.1, -0.05) is 5.92 Å². The fourth-order valence-corrected chi connectivity index (χ4v) is 3.17. The largest absolute Gasteiger partial charge is 0.438 e. The molecular weight excluding hydrogens is 240 g/mol. The lowest BCUT2D eigenvalue weighted by Crippen LogP contribution is -2.20. The summed E-state index contributed by atoms with van der Waals surface area (Å²) in [7, 11) is 0. The summed E-state index contributed by atoms with van der Waals surface area (Å²) in [5.74, 6) is 5.63. The maximum Gasteiger partial charge on any atom is 0.340 e. The number of benzene rings is 1. The van der Waals surface area contributed by atoms with Crippen molar-refractivity contribution in [3.63, 3.8) is 0 Å². The van der Waals surface area contributed by atoms with Crippen molar-refractivity contribution in [1.82, 2.24) is 0 Å². The molecule has 19 heavy (non-hydrogen) atoms. The van der Waals surface area contributed by atoms with E-state index in [0.717, 1.165) is 22.3 Å². The Morgan fingerprint density at radius 1 is 1.16 bits per heavy atom. The number of cyclic esters (lactones) is 1. The van der Waals surface area contributed by atoms with E-state index < -0.39 is 5.60 Å². The quantitative estimate of drug-likeness (QED) is 0.529. The highest BCUT2D eigenvalue weighted by atomic mass is 16.6. The summed E-state index contributed by atoms with van der Waals surface area (Å²) in [6.45, 7) is 8.80. The van der Waals surface area contributed by atoms with E-state index in [1.165, 1.54) is 5.56 Å². The lowest BCUT2D eigenvalue weighted by Gasteiger charge is -2.20. The van der Waals surface area contributed by atoms with Gasteiger partial charge in [-0.05, 0) is 49.9 Å². The maximum absolute atomic E-state index is 12.2. The summed E-state index contributed by atoms with van der Waals surface area (Å²) in [6.07, 6.45) is 0. The minimum Gasteiger partial charge on any atom is -0.438 e. The molecule has 0 saturated heterocycles. The van der Waals surface area contributed by atoms with Crippen LogP contribution in [0.3, 0.4) is 0 Å². The molecule has 98 valence electrons. The van der Waals surface area contributed by atoms with Crippen molar-refractivity contribution in [1.29, 1.82) is 0 Å². The van der Waals surface area contributed by atoms with Crippen LogP contribution in [-0.4, -0.2) is 5.97 Å². The molecule has 3 heteroatoms. The third kappa shape index (κ3) is 1.47. The van der Waals surface area contributed by atoms with E-state index >= 15 is 0 Å². The normalized spacial score (nSPS) is 23.5. The summed E-state index contributed by atoms with van der Waals surface area (Å²) in [5.41, 5.74) is 5.19. The molecule has 0 aliphatic carbocycles. The lowest BCUT2D eigenvalue weighted by atomic mass is 9.83. The SMILES string of the molecule is CC#C[C@@]1(C)OC(=O)c2c3c(c(C)c(C)c21)COC3. The molecule has 0 N–H and O–H groups in total. The molecule has 0 spiro atoms. The van der Waals surface area contributed by atoms with Gasteiger partial charge < -0.3 is 9.47 Å². The average Bonchev–Trinajstić information content (AvgIpc) is 2.90. The van der Waals surface area contributed by atoms with Crippen molar-refractivity contribution in [2.24, 2.45) is 0 Å². The summed E-state index contributed by atoms with van der Waals surface area (Å²) < 4.78 is 11.1. The van der Waals surface area contributed by atoms with Gasteiger partial charge in [0.25, 0.3) is 0 Å². The molecule has 3 rings (SSSR count). The van der Waals surface area contributed by atoms with Crippen LogP contribution in [0.25, 0.3) is 0 Å². The van der Waals surface area contributed by atoms with Gasteiger partial charge in [-0.15, -0.1) is 5.92 Å². The second-order valence-electron chi connectivity index (χ2n) is 5.25. The van der Waals surface area contributed by atoms with E-state index in [1.54, 1.807) is 6.92 Å². The van der Waals surface area contributed by atoms with Gasteiger partial charge >= 0.3 is 5.97 Å². The molecule has 2 heterocycles. The summed E-state index contributed by atoms with van der Waals surface area (Å²) in [6, 6.07) is 0. The molecule has 0 aromatic heterocycles. The third-order valence-corrected chi connectivity index (χ3v) is 4.14. The van der Waals surface area contributed by atoms with Crippen molar-refractivity contribution in [3.05, 3.63) is 33.4 Å². The molecule has 3 nitrogen and oxygen atoms in total. The molecule has 1 atom stereocenters. The smallest absolute Gasteiger partial charge is 0.340 e. The molecule has 2 aliphatic rings. The fraction of sp³-hybridized carbons (Fsp3) is 0.438. The topological polar surface area (TPSA) is 35.5 Å². The molecule has 0 unspecified atom stereocenters. The van der Waals surface area contributed by atoms with Crippen molar-refractivity contribution < 1.29 is 14.3 Å². The number of hydrogen-bond acceptors (Lipinski definition) is 3. The van der Waals surface area contributed by atoms with Crippen LogP contribution < -0.4 is 0 Å². The minimum absolute atomic E-state index is 0.273. The van der Waals surface area contributed by atoms with Crippen LogP contribution in [0.4, 0.5) is 0 Å². The van der Waals surface area contributed by atoms with E-state index in [-0.39, 0.29) is 5.97 Å². The highest BCUT2D eigenvalue weighted by Gasteiger charge is 2.45. The standard InChI is InChI=1S/C16H16O3/c1-5-6-16(4)14-10(3)9(2)11-7-18-8-12(11)13(14)15(17)19-16/h7-8H2,1-4H3/t16-/m1/s1. The molecule has 1 aromatic rings. The van der Waals surface area contributed by atoms with Gasteiger partial charge in [0.05, 0.1) is 18.8 Å². The van der Waals surface area contributed by atoms with Gasteiger partial charge in [-0.3, -0.25) is 0 Å². The summed E-state index contributed by atoms with van der Waals surface area (Å²) in [4.78, 5) is 12.2. The number of fused-ring (bicyclic) bond motifs is 3. The zero-order valence-electron chi connectivity index (χ0n) is 11.6. The Hall–Kier alpha value is -1.79. The maximum atomic E-state index is 12.2. The number of carbonyl (C=O) groups is 1. The Kier molecular flexibility index (Phi) is 2.48. The van der Waals surface area contributed by atoms with Gasteiger partial charge in [-0.25, -0.2) is 4.79 Å². The first-order chi connectivity index (χ1) is 8.99. The fourth-order valence-electron chi connectivity index (χ4n) is 3.17. The van der Waals surface area contributed by atoms with Gasteiger partial charge in [0.15, 0.2) is 5.60 Å². The number of hydrogen-bond donors (Lipinski definition) is 0. The second kappa shape index (κ2) is 3.85. The molecule has 0 bridgehead atoms. The molecule has 1 aromatic carbocycles. The molecule has 0 fully saturated rings. The van der Waals surface area contributed by atoms with Gasteiger partial charge in [0.2, 0.25) is 0 Å². The second-order valence-corrected chi connectivity index (χ2v) is 5.25. The third-order valence-electron chi connectivity index (χ3n) is 4.14. The Morgan fingerprint density at radius 2 is 1.84 bits per heavy atom. The van der Waals surface area contributed by atoms with Crippen LogP contribution in [0.1, 0.15) is 52.0 Å². The van der Waals surface area contributed by atoms with Crippen LogP contribution in [0.5, 0.6) is 0 Å². The first kappa shape index (κ1) is 12.3. The van der Waals surface area contributed by atoms with E-state index in [1.807, 2.05) is 13.8 Å². The van der Waals surface area contributed by atoms with Crippen LogP contribution in [-0.2, 0) is 28.3 Å². The van der Waals surface area contributed by atoms with Gasteiger partial charge in [0, 0.05) is 5.56 Å². The molecule has 0 radical (unpaired) electrons. The Morgan fingerprint density at radius 3 is 2.53 bits per heavy atom. The number of esters is 1. The molecule has 2 aliphatic heterocycles. The van der Waals surface area contributed by atoms with Crippen molar-refractivity contribution in [2.45, 2.75) is 46.5 Å². The van der Waals surface area contributed by atoms with Crippen molar-refractivity contribution in [2.75, 3.05) is 0 Å². The van der Waals surface area contributed by atoms with E-state index in [0.29, 0.717) is 18.8 Å². The first-order valence-corrected chi connectivity index (χ1v) is 6.40. The summed E-state index contributed by atoms with van der Waals surface area (Å²) in [5, 5.41) is 0.